The summed E-state index contributed by atoms with van der Waals surface area (Å²) in [5.41, 5.74) is 5.86. The number of nitrogens with zero attached hydrogens (tertiary/aromatic N) is 1. The predicted octanol–water partition coefficient (Wildman–Crippen LogP) is -0.196. The second-order valence-electron chi connectivity index (χ2n) is 4.13. The minimum atomic E-state index is -0.484. The number of nitrogens with two attached hydrogens (primary N) is 1. The minimum absolute atomic E-state index is 0.0656. The molecule has 98 valence electrons. The van der Waals surface area contributed by atoms with E-state index < -0.39 is 6.04 Å². The molecule has 1 unspecified atom stereocenters. The van der Waals surface area contributed by atoms with E-state index >= 15 is 0 Å². The van der Waals surface area contributed by atoms with E-state index in [1.54, 1.807) is 16.7 Å². The number of thioether (sulfide) groups is 1. The zero-order chi connectivity index (χ0) is 12.8. The van der Waals surface area contributed by atoms with Gasteiger partial charge in [0.05, 0.1) is 6.04 Å². The van der Waals surface area contributed by atoms with Crippen molar-refractivity contribution in [3.63, 3.8) is 0 Å². The Balaban J connectivity index is 2.62. The minimum Gasteiger partial charge on any atom is -0.353 e. The lowest BCUT2D eigenvalue weighted by Crippen LogP contribution is -2.60. The number of rotatable bonds is 5. The summed E-state index contributed by atoms with van der Waals surface area (Å²) < 4.78 is 0. The normalized spacial score (nSPS) is 22.2. The average Bonchev–Trinajstić information content (AvgIpc) is 2.34. The molecule has 0 radical (unpaired) electrons. The Bertz CT molecular complexity index is 286. The molecule has 17 heavy (non-hydrogen) atoms. The first-order chi connectivity index (χ1) is 8.11. The Morgan fingerprint density at radius 2 is 2.41 bits per heavy atom. The van der Waals surface area contributed by atoms with Crippen molar-refractivity contribution in [1.82, 2.24) is 10.2 Å². The molecule has 0 bridgehead atoms. The summed E-state index contributed by atoms with van der Waals surface area (Å²) in [6.07, 6.45) is 3.28. The van der Waals surface area contributed by atoms with Crippen LogP contribution in [-0.4, -0.2) is 53.9 Å². The highest BCUT2D eigenvalue weighted by atomic mass is 32.2. The zero-order valence-electron chi connectivity index (χ0n) is 10.4. The molecule has 2 atom stereocenters. The van der Waals surface area contributed by atoms with E-state index in [2.05, 4.69) is 5.32 Å². The van der Waals surface area contributed by atoms with Crippen LogP contribution in [0, 0.1) is 0 Å². The van der Waals surface area contributed by atoms with Crippen LogP contribution in [0.25, 0.3) is 0 Å². The van der Waals surface area contributed by atoms with Gasteiger partial charge >= 0.3 is 0 Å². The van der Waals surface area contributed by atoms with Crippen molar-refractivity contribution >= 4 is 23.6 Å². The van der Waals surface area contributed by atoms with E-state index in [1.807, 2.05) is 13.2 Å². The maximum absolute atomic E-state index is 12.1. The van der Waals surface area contributed by atoms with Crippen molar-refractivity contribution in [3.8, 4) is 0 Å². The second kappa shape index (κ2) is 6.86. The summed E-state index contributed by atoms with van der Waals surface area (Å²) in [4.78, 5) is 25.4. The monoisotopic (exact) mass is 259 g/mol. The van der Waals surface area contributed by atoms with Gasteiger partial charge in [-0.1, -0.05) is 6.92 Å². The first-order valence-corrected chi connectivity index (χ1v) is 7.33. The number of nitrogens with one attached hydrogen (secondary N) is 1. The average molecular weight is 259 g/mol. The number of amides is 2. The lowest BCUT2D eigenvalue weighted by Gasteiger charge is -2.36. The zero-order valence-corrected chi connectivity index (χ0v) is 11.3. The van der Waals surface area contributed by atoms with Crippen LogP contribution in [-0.2, 0) is 9.59 Å². The Hall–Kier alpha value is -0.750. The fraction of sp³-hybridized carbons (Fsp3) is 0.818. The molecule has 1 heterocycles. The lowest BCUT2D eigenvalue weighted by molar-refractivity contribution is -0.144. The summed E-state index contributed by atoms with van der Waals surface area (Å²) >= 11 is 1.67. The third kappa shape index (κ3) is 3.61. The fourth-order valence-electron chi connectivity index (χ4n) is 1.97. The second-order valence-corrected chi connectivity index (χ2v) is 5.12. The molecule has 0 aromatic heterocycles. The summed E-state index contributed by atoms with van der Waals surface area (Å²) in [6, 6.07) is -0.834. The van der Waals surface area contributed by atoms with Crippen LogP contribution >= 0.6 is 11.8 Å². The molecule has 3 N–H and O–H groups in total. The smallest absolute Gasteiger partial charge is 0.242 e. The largest absolute Gasteiger partial charge is 0.353 e. The van der Waals surface area contributed by atoms with Crippen molar-refractivity contribution in [2.24, 2.45) is 5.73 Å². The van der Waals surface area contributed by atoms with Gasteiger partial charge in [-0.3, -0.25) is 9.59 Å². The molecule has 5 nitrogen and oxygen atoms in total. The van der Waals surface area contributed by atoms with Crippen molar-refractivity contribution in [2.75, 3.05) is 25.1 Å². The van der Waals surface area contributed by atoms with Gasteiger partial charge in [-0.05, 0) is 24.9 Å². The van der Waals surface area contributed by atoms with Gasteiger partial charge in [-0.25, -0.2) is 0 Å². The third-order valence-corrected chi connectivity index (χ3v) is 3.59. The highest BCUT2D eigenvalue weighted by molar-refractivity contribution is 7.98. The van der Waals surface area contributed by atoms with Crippen molar-refractivity contribution in [2.45, 2.75) is 31.8 Å². The fourth-order valence-corrected chi connectivity index (χ4v) is 2.46. The maximum Gasteiger partial charge on any atom is 0.242 e. The number of carbonyl (C=O) groups excluding carboxylic acids is 2. The van der Waals surface area contributed by atoms with Gasteiger partial charge in [0.15, 0.2) is 0 Å². The Morgan fingerprint density at radius 1 is 1.71 bits per heavy atom. The summed E-state index contributed by atoms with van der Waals surface area (Å²) in [5, 5.41) is 2.77. The molecule has 1 saturated heterocycles. The molecule has 1 aliphatic heterocycles. The highest BCUT2D eigenvalue weighted by Crippen LogP contribution is 2.11. The summed E-state index contributed by atoms with van der Waals surface area (Å²) in [6.45, 7) is 3.00. The molecule has 0 aliphatic carbocycles. The number of hydrogen-bond donors (Lipinski definition) is 2. The molecule has 2 amide bonds. The molecule has 6 heteroatoms. The quantitative estimate of drug-likeness (QED) is 0.717. The molecule has 1 aliphatic rings. The van der Waals surface area contributed by atoms with E-state index in [1.165, 1.54) is 0 Å². The first-order valence-electron chi connectivity index (χ1n) is 5.94. The molecular formula is C11H21N3O2S. The Morgan fingerprint density at radius 3 is 3.00 bits per heavy atom. The summed E-state index contributed by atoms with van der Waals surface area (Å²) in [5.74, 6) is 0.703. The first kappa shape index (κ1) is 14.3. The van der Waals surface area contributed by atoms with Crippen LogP contribution in [0.2, 0.25) is 0 Å². The molecule has 0 saturated carbocycles. The maximum atomic E-state index is 12.1. The molecule has 0 spiro atoms. The number of carbonyl (C=O) groups is 2. The molecule has 0 aromatic rings. The number of piperazine rings is 1. The summed E-state index contributed by atoms with van der Waals surface area (Å²) in [7, 11) is 0. The van der Waals surface area contributed by atoms with Gasteiger partial charge in [-0.15, -0.1) is 0 Å². The topological polar surface area (TPSA) is 75.4 Å². The highest BCUT2D eigenvalue weighted by Gasteiger charge is 2.33. The van der Waals surface area contributed by atoms with E-state index in [0.717, 1.165) is 5.75 Å². The van der Waals surface area contributed by atoms with E-state index in [0.29, 0.717) is 25.9 Å². The molecule has 1 rings (SSSR count). The Labute approximate surface area is 106 Å². The van der Waals surface area contributed by atoms with Crippen LogP contribution in [0.1, 0.15) is 19.8 Å². The van der Waals surface area contributed by atoms with E-state index in [9.17, 15) is 9.59 Å². The van der Waals surface area contributed by atoms with E-state index in [4.69, 9.17) is 5.73 Å². The van der Waals surface area contributed by atoms with Crippen molar-refractivity contribution in [3.05, 3.63) is 0 Å². The molecule has 1 fully saturated rings. The van der Waals surface area contributed by atoms with Crippen LogP contribution in [0.3, 0.4) is 0 Å². The van der Waals surface area contributed by atoms with Gasteiger partial charge in [0.2, 0.25) is 11.8 Å². The standard InChI is InChI=1S/C11H21N3O2S/c1-3-9-10(15)13-5-6-14(9)11(16)8(12)4-7-17-2/h8-9H,3-7,12H2,1-2H3,(H,13,15)/t8-,9?/m0/s1. The lowest BCUT2D eigenvalue weighted by atomic mass is 10.1. The SMILES string of the molecule is CCC1C(=O)NCCN1C(=O)[C@@H](N)CCSC. The van der Waals surface area contributed by atoms with Gasteiger partial charge in [0.1, 0.15) is 6.04 Å². The van der Waals surface area contributed by atoms with Crippen LogP contribution in [0.4, 0.5) is 0 Å². The van der Waals surface area contributed by atoms with Crippen molar-refractivity contribution < 1.29 is 9.59 Å². The predicted molar refractivity (Wildman–Crippen MR) is 69.8 cm³/mol. The van der Waals surface area contributed by atoms with Crippen LogP contribution in [0.5, 0.6) is 0 Å². The van der Waals surface area contributed by atoms with Crippen LogP contribution in [0.15, 0.2) is 0 Å². The van der Waals surface area contributed by atoms with Gasteiger partial charge < -0.3 is 16.0 Å². The van der Waals surface area contributed by atoms with Gasteiger partial charge in [0, 0.05) is 13.1 Å². The Kier molecular flexibility index (Phi) is 5.77. The van der Waals surface area contributed by atoms with Crippen molar-refractivity contribution in [1.29, 1.82) is 0 Å². The number of hydrogen-bond acceptors (Lipinski definition) is 4. The van der Waals surface area contributed by atoms with E-state index in [-0.39, 0.29) is 17.9 Å². The van der Waals surface area contributed by atoms with Gasteiger partial charge in [0.25, 0.3) is 0 Å². The van der Waals surface area contributed by atoms with Crippen LogP contribution < -0.4 is 11.1 Å². The molecular weight excluding hydrogens is 238 g/mol. The van der Waals surface area contributed by atoms with Gasteiger partial charge in [-0.2, -0.15) is 11.8 Å². The third-order valence-electron chi connectivity index (χ3n) is 2.95. The molecule has 0 aromatic carbocycles.